The quantitative estimate of drug-likeness (QED) is 0.856. The Morgan fingerprint density at radius 3 is 2.40 bits per heavy atom. The largest absolute Gasteiger partial charge is 0.378 e. The maximum Gasteiger partial charge on any atom is 0.254 e. The average molecular weight is 338 g/mol. The van der Waals surface area contributed by atoms with Gasteiger partial charge in [-0.1, -0.05) is 29.8 Å². The molecule has 0 bridgehead atoms. The molecular weight excluding hydrogens is 312 g/mol. The van der Waals surface area contributed by atoms with Crippen molar-refractivity contribution in [2.75, 3.05) is 38.3 Å². The molecule has 0 saturated carbocycles. The summed E-state index contributed by atoms with van der Waals surface area (Å²) in [5, 5.41) is 0. The number of anilines is 1. The summed E-state index contributed by atoms with van der Waals surface area (Å²) in [6.45, 7) is 8.08. The van der Waals surface area contributed by atoms with Crippen molar-refractivity contribution in [1.29, 1.82) is 0 Å². The molecule has 1 aliphatic heterocycles. The second-order valence-electron chi connectivity index (χ2n) is 6.75. The lowest BCUT2D eigenvalue weighted by atomic mass is 10.0. The molecule has 25 heavy (non-hydrogen) atoms. The summed E-state index contributed by atoms with van der Waals surface area (Å²) in [5.41, 5.74) is 5.33. The van der Waals surface area contributed by atoms with Gasteiger partial charge in [-0.2, -0.15) is 0 Å². The molecule has 0 aromatic heterocycles. The van der Waals surface area contributed by atoms with Crippen LogP contribution < -0.4 is 4.90 Å². The van der Waals surface area contributed by atoms with Gasteiger partial charge in [0.2, 0.25) is 0 Å². The van der Waals surface area contributed by atoms with Gasteiger partial charge in [-0.25, -0.2) is 0 Å². The Hall–Kier alpha value is -2.33. The second kappa shape index (κ2) is 7.70. The third kappa shape index (κ3) is 4.20. The Labute approximate surface area is 150 Å². The van der Waals surface area contributed by atoms with Gasteiger partial charge < -0.3 is 14.5 Å². The van der Waals surface area contributed by atoms with Gasteiger partial charge in [-0.15, -0.1) is 0 Å². The van der Waals surface area contributed by atoms with Crippen LogP contribution in [0.5, 0.6) is 0 Å². The van der Waals surface area contributed by atoms with Crippen LogP contribution in [0.3, 0.4) is 0 Å². The zero-order chi connectivity index (χ0) is 17.8. The summed E-state index contributed by atoms with van der Waals surface area (Å²) in [7, 11) is 1.86. The van der Waals surface area contributed by atoms with Crippen LogP contribution in [-0.4, -0.2) is 44.2 Å². The molecular formula is C21H26N2O2. The molecule has 2 aromatic carbocycles. The fraction of sp³-hybridized carbons (Fsp3) is 0.381. The van der Waals surface area contributed by atoms with Crippen LogP contribution in [0.4, 0.5) is 5.69 Å². The first-order chi connectivity index (χ1) is 12.0. The van der Waals surface area contributed by atoms with E-state index in [1.54, 1.807) is 4.90 Å². The number of morpholine rings is 1. The Balaban J connectivity index is 1.65. The molecule has 0 radical (unpaired) electrons. The Morgan fingerprint density at radius 1 is 1.08 bits per heavy atom. The van der Waals surface area contributed by atoms with Gasteiger partial charge >= 0.3 is 0 Å². The van der Waals surface area contributed by atoms with Crippen LogP contribution in [0.1, 0.15) is 27.0 Å². The van der Waals surface area contributed by atoms with Crippen LogP contribution in [0.15, 0.2) is 42.5 Å². The van der Waals surface area contributed by atoms with Crippen molar-refractivity contribution >= 4 is 11.6 Å². The highest BCUT2D eigenvalue weighted by Crippen LogP contribution is 2.18. The molecule has 3 rings (SSSR count). The minimum atomic E-state index is 0.0646. The van der Waals surface area contributed by atoms with Crippen LogP contribution in [0.2, 0.25) is 0 Å². The summed E-state index contributed by atoms with van der Waals surface area (Å²) < 4.78 is 5.40. The van der Waals surface area contributed by atoms with Gasteiger partial charge in [0.15, 0.2) is 0 Å². The summed E-state index contributed by atoms with van der Waals surface area (Å²) in [4.78, 5) is 16.8. The molecule has 1 fully saturated rings. The lowest BCUT2D eigenvalue weighted by Gasteiger charge is -2.29. The lowest BCUT2D eigenvalue weighted by molar-refractivity contribution is 0.0784. The first-order valence-electron chi connectivity index (χ1n) is 8.79. The van der Waals surface area contributed by atoms with E-state index in [0.717, 1.165) is 43.0 Å². The van der Waals surface area contributed by atoms with E-state index in [4.69, 9.17) is 4.74 Å². The number of amides is 1. The summed E-state index contributed by atoms with van der Waals surface area (Å²) in [6, 6.07) is 14.5. The van der Waals surface area contributed by atoms with Crippen LogP contribution in [0, 0.1) is 13.8 Å². The Bertz CT molecular complexity index is 734. The maximum atomic E-state index is 12.7. The Morgan fingerprint density at radius 2 is 1.76 bits per heavy atom. The highest BCUT2D eigenvalue weighted by Gasteiger charge is 2.15. The first-order valence-corrected chi connectivity index (χ1v) is 8.79. The van der Waals surface area contributed by atoms with Crippen molar-refractivity contribution in [3.8, 4) is 0 Å². The van der Waals surface area contributed by atoms with E-state index in [9.17, 15) is 4.79 Å². The molecule has 1 amide bonds. The number of aryl methyl sites for hydroxylation is 2. The normalized spacial score (nSPS) is 14.4. The topological polar surface area (TPSA) is 32.8 Å². The maximum absolute atomic E-state index is 12.7. The lowest BCUT2D eigenvalue weighted by Crippen LogP contribution is -2.36. The van der Waals surface area contributed by atoms with Gasteiger partial charge in [0.25, 0.3) is 5.91 Å². The molecule has 132 valence electrons. The zero-order valence-corrected chi connectivity index (χ0v) is 15.3. The fourth-order valence-corrected chi connectivity index (χ4v) is 3.24. The van der Waals surface area contributed by atoms with E-state index in [1.807, 2.05) is 33.0 Å². The predicted octanol–water partition coefficient (Wildman–Crippen LogP) is 3.41. The molecule has 4 nitrogen and oxygen atoms in total. The van der Waals surface area contributed by atoms with Crippen molar-refractivity contribution in [2.45, 2.75) is 20.4 Å². The molecule has 0 unspecified atom stereocenters. The van der Waals surface area contributed by atoms with Crippen molar-refractivity contribution in [1.82, 2.24) is 4.90 Å². The third-order valence-corrected chi connectivity index (χ3v) is 4.69. The summed E-state index contributed by atoms with van der Waals surface area (Å²) >= 11 is 0. The number of carbonyl (C=O) groups excluding carboxylic acids is 1. The average Bonchev–Trinajstić information content (AvgIpc) is 2.62. The van der Waals surface area contributed by atoms with E-state index < -0.39 is 0 Å². The summed E-state index contributed by atoms with van der Waals surface area (Å²) in [6.07, 6.45) is 0. The summed E-state index contributed by atoms with van der Waals surface area (Å²) in [5.74, 6) is 0.0646. The molecule has 1 saturated heterocycles. The van der Waals surface area contributed by atoms with E-state index >= 15 is 0 Å². The highest BCUT2D eigenvalue weighted by molar-refractivity contribution is 5.95. The number of carbonyl (C=O) groups is 1. The van der Waals surface area contributed by atoms with Crippen molar-refractivity contribution in [2.24, 2.45) is 0 Å². The van der Waals surface area contributed by atoms with Gasteiger partial charge in [-0.05, 0) is 43.2 Å². The zero-order valence-electron chi connectivity index (χ0n) is 15.3. The van der Waals surface area contributed by atoms with E-state index in [1.165, 1.54) is 11.3 Å². The molecule has 0 spiro atoms. The standard InChI is InChI=1S/C21H26N2O2/c1-16-4-9-20(17(2)14-16)21(24)22(3)15-18-5-7-19(8-6-18)23-10-12-25-13-11-23/h4-9,14H,10-13,15H2,1-3H3. The van der Waals surface area contributed by atoms with Crippen molar-refractivity contribution in [3.63, 3.8) is 0 Å². The van der Waals surface area contributed by atoms with Gasteiger partial charge in [0.05, 0.1) is 13.2 Å². The van der Waals surface area contributed by atoms with Crippen LogP contribution in [-0.2, 0) is 11.3 Å². The molecule has 1 aliphatic rings. The van der Waals surface area contributed by atoms with E-state index in [2.05, 4.69) is 35.2 Å². The number of nitrogens with zero attached hydrogens (tertiary/aromatic N) is 2. The fourth-order valence-electron chi connectivity index (χ4n) is 3.24. The SMILES string of the molecule is Cc1ccc(C(=O)N(C)Cc2ccc(N3CCOCC3)cc2)c(C)c1. The third-order valence-electron chi connectivity index (χ3n) is 4.69. The van der Waals surface area contributed by atoms with Gasteiger partial charge in [0.1, 0.15) is 0 Å². The number of hydrogen-bond acceptors (Lipinski definition) is 3. The van der Waals surface area contributed by atoms with Gasteiger partial charge in [0, 0.05) is 37.9 Å². The number of hydrogen-bond donors (Lipinski definition) is 0. The molecule has 1 heterocycles. The monoisotopic (exact) mass is 338 g/mol. The number of rotatable bonds is 4. The first kappa shape index (κ1) is 17.5. The van der Waals surface area contributed by atoms with E-state index in [-0.39, 0.29) is 5.91 Å². The molecule has 2 aromatic rings. The number of ether oxygens (including phenoxy) is 1. The van der Waals surface area contributed by atoms with Crippen LogP contribution in [0.25, 0.3) is 0 Å². The molecule has 0 atom stereocenters. The highest BCUT2D eigenvalue weighted by atomic mass is 16.5. The minimum absolute atomic E-state index is 0.0646. The molecule has 4 heteroatoms. The predicted molar refractivity (Wildman–Crippen MR) is 101 cm³/mol. The van der Waals surface area contributed by atoms with Crippen LogP contribution >= 0.6 is 0 Å². The minimum Gasteiger partial charge on any atom is -0.378 e. The van der Waals surface area contributed by atoms with Crippen molar-refractivity contribution in [3.05, 3.63) is 64.7 Å². The number of benzene rings is 2. The van der Waals surface area contributed by atoms with E-state index in [0.29, 0.717) is 6.54 Å². The molecule has 0 N–H and O–H groups in total. The smallest absolute Gasteiger partial charge is 0.254 e. The second-order valence-corrected chi connectivity index (χ2v) is 6.75. The Kier molecular flexibility index (Phi) is 5.39. The van der Waals surface area contributed by atoms with Gasteiger partial charge in [-0.3, -0.25) is 4.79 Å². The van der Waals surface area contributed by atoms with Crippen molar-refractivity contribution < 1.29 is 9.53 Å². The molecule has 0 aliphatic carbocycles.